The summed E-state index contributed by atoms with van der Waals surface area (Å²) >= 11 is 0. The lowest BCUT2D eigenvalue weighted by Gasteiger charge is -2.46. The Kier molecular flexibility index (Phi) is 4.23. The third-order valence-corrected chi connectivity index (χ3v) is 3.56. The van der Waals surface area contributed by atoms with Crippen LogP contribution in [-0.4, -0.2) is 61.7 Å². The van der Waals surface area contributed by atoms with Crippen LogP contribution in [0.2, 0.25) is 0 Å². The number of hydrogen-bond acceptors (Lipinski definition) is 8. The Morgan fingerprint density at radius 1 is 1.29 bits per heavy atom. The highest BCUT2D eigenvalue weighted by molar-refractivity contribution is 5.45. The molecule has 1 saturated heterocycles. The standard InChI is InChI=1S/C12H15NO8/c14-5-8-12(18,10(16)9(15)11(17)21-8)6-3-1-2-4-7(6)13(19)20/h1-4,8-11,14-18H,5H2/t8-,9-,10-,11+,12+/m1/s1. The average Bonchev–Trinajstić information content (AvgIpc) is 2.48. The summed E-state index contributed by atoms with van der Waals surface area (Å²) in [5, 5.41) is 60.1. The van der Waals surface area contributed by atoms with Crippen LogP contribution < -0.4 is 0 Å². The summed E-state index contributed by atoms with van der Waals surface area (Å²) in [5.74, 6) is 0. The van der Waals surface area contributed by atoms with Gasteiger partial charge >= 0.3 is 0 Å². The topological polar surface area (TPSA) is 154 Å². The highest BCUT2D eigenvalue weighted by Gasteiger charge is 2.57. The van der Waals surface area contributed by atoms with Gasteiger partial charge in [0.1, 0.15) is 18.3 Å². The van der Waals surface area contributed by atoms with Crippen LogP contribution in [-0.2, 0) is 10.3 Å². The second kappa shape index (κ2) is 5.64. The van der Waals surface area contributed by atoms with Gasteiger partial charge in [0.15, 0.2) is 11.9 Å². The fourth-order valence-electron chi connectivity index (χ4n) is 2.45. The molecule has 0 spiro atoms. The highest BCUT2D eigenvalue weighted by Crippen LogP contribution is 2.41. The monoisotopic (exact) mass is 301 g/mol. The zero-order chi connectivity index (χ0) is 15.8. The normalized spacial score (nSPS) is 36.4. The number of para-hydroxylation sites is 1. The molecule has 2 rings (SSSR count). The number of aliphatic hydroxyl groups is 5. The molecule has 9 heteroatoms. The van der Waals surface area contributed by atoms with Gasteiger partial charge in [-0.3, -0.25) is 10.1 Å². The summed E-state index contributed by atoms with van der Waals surface area (Å²) in [5.41, 5.74) is -3.28. The number of aliphatic hydroxyl groups excluding tert-OH is 4. The molecule has 0 saturated carbocycles. The molecule has 116 valence electrons. The first-order valence-electron chi connectivity index (χ1n) is 6.10. The van der Waals surface area contributed by atoms with Crippen LogP contribution in [0.25, 0.3) is 0 Å². The Bertz CT molecular complexity index is 534. The van der Waals surface area contributed by atoms with E-state index in [1.165, 1.54) is 18.2 Å². The first-order chi connectivity index (χ1) is 9.83. The minimum atomic E-state index is -2.45. The quantitative estimate of drug-likeness (QED) is 0.324. The van der Waals surface area contributed by atoms with Gasteiger partial charge in [-0.05, 0) is 6.07 Å². The number of nitro benzene ring substituents is 1. The van der Waals surface area contributed by atoms with E-state index in [2.05, 4.69) is 0 Å². The average molecular weight is 301 g/mol. The third-order valence-electron chi connectivity index (χ3n) is 3.56. The van der Waals surface area contributed by atoms with Gasteiger partial charge in [-0.1, -0.05) is 12.1 Å². The van der Waals surface area contributed by atoms with E-state index in [1.807, 2.05) is 0 Å². The predicted molar refractivity (Wildman–Crippen MR) is 67.0 cm³/mol. The Labute approximate surface area is 118 Å². The van der Waals surface area contributed by atoms with Crippen LogP contribution in [0.5, 0.6) is 0 Å². The van der Waals surface area contributed by atoms with Gasteiger partial charge < -0.3 is 30.3 Å². The first-order valence-corrected chi connectivity index (χ1v) is 6.10. The molecule has 1 fully saturated rings. The molecule has 1 heterocycles. The van der Waals surface area contributed by atoms with Crippen molar-refractivity contribution in [1.82, 2.24) is 0 Å². The second-order valence-corrected chi connectivity index (χ2v) is 4.73. The first kappa shape index (κ1) is 15.8. The number of hydrogen-bond donors (Lipinski definition) is 5. The molecular weight excluding hydrogens is 286 g/mol. The number of nitro groups is 1. The van der Waals surface area contributed by atoms with Gasteiger partial charge in [0, 0.05) is 6.07 Å². The largest absolute Gasteiger partial charge is 0.394 e. The summed E-state index contributed by atoms with van der Waals surface area (Å²) in [4.78, 5) is 10.3. The molecule has 1 aromatic rings. The van der Waals surface area contributed by atoms with Crippen molar-refractivity contribution in [2.75, 3.05) is 6.61 Å². The van der Waals surface area contributed by atoms with Crippen LogP contribution in [0, 0.1) is 10.1 Å². The molecule has 1 aliphatic heterocycles. The molecule has 0 aliphatic carbocycles. The van der Waals surface area contributed by atoms with E-state index < -0.39 is 47.4 Å². The molecule has 1 aliphatic rings. The third kappa shape index (κ3) is 2.39. The number of ether oxygens (including phenoxy) is 1. The molecule has 9 nitrogen and oxygen atoms in total. The maximum Gasteiger partial charge on any atom is 0.275 e. The van der Waals surface area contributed by atoms with E-state index in [-0.39, 0.29) is 5.56 Å². The van der Waals surface area contributed by atoms with Gasteiger partial charge in [-0.25, -0.2) is 0 Å². The summed E-state index contributed by atoms with van der Waals surface area (Å²) in [7, 11) is 0. The molecule has 0 radical (unpaired) electrons. The summed E-state index contributed by atoms with van der Waals surface area (Å²) in [6.07, 6.45) is -7.26. The fourth-order valence-corrected chi connectivity index (χ4v) is 2.45. The lowest BCUT2D eigenvalue weighted by Crippen LogP contribution is -2.65. The van der Waals surface area contributed by atoms with Crippen LogP contribution in [0.15, 0.2) is 24.3 Å². The van der Waals surface area contributed by atoms with Crippen LogP contribution in [0.1, 0.15) is 5.56 Å². The number of benzene rings is 1. The van der Waals surface area contributed by atoms with E-state index in [4.69, 9.17) is 4.74 Å². The summed E-state index contributed by atoms with van der Waals surface area (Å²) in [6, 6.07) is 5.03. The van der Waals surface area contributed by atoms with Crippen molar-refractivity contribution in [3.63, 3.8) is 0 Å². The summed E-state index contributed by atoms with van der Waals surface area (Å²) < 4.78 is 4.85. The molecule has 0 unspecified atom stereocenters. The Morgan fingerprint density at radius 2 is 1.90 bits per heavy atom. The molecule has 0 bridgehead atoms. The fraction of sp³-hybridized carbons (Fsp3) is 0.500. The lowest BCUT2D eigenvalue weighted by atomic mass is 9.78. The van der Waals surface area contributed by atoms with Gasteiger partial charge in [0.05, 0.1) is 17.1 Å². The van der Waals surface area contributed by atoms with E-state index >= 15 is 0 Å². The lowest BCUT2D eigenvalue weighted by molar-refractivity contribution is -0.390. The molecule has 5 atom stereocenters. The number of nitrogens with zero attached hydrogens (tertiary/aromatic N) is 1. The highest BCUT2D eigenvalue weighted by atomic mass is 16.6. The van der Waals surface area contributed by atoms with Crippen LogP contribution in [0.3, 0.4) is 0 Å². The molecule has 21 heavy (non-hydrogen) atoms. The van der Waals surface area contributed by atoms with E-state index in [0.717, 1.165) is 6.07 Å². The Hall–Kier alpha value is -1.62. The van der Waals surface area contributed by atoms with Crippen molar-refractivity contribution in [2.24, 2.45) is 0 Å². The van der Waals surface area contributed by atoms with E-state index in [1.54, 1.807) is 0 Å². The van der Waals surface area contributed by atoms with Crippen molar-refractivity contribution < 1.29 is 35.2 Å². The smallest absolute Gasteiger partial charge is 0.275 e. The molecular formula is C12H15NO8. The minimum Gasteiger partial charge on any atom is -0.394 e. The second-order valence-electron chi connectivity index (χ2n) is 4.73. The summed E-state index contributed by atoms with van der Waals surface area (Å²) in [6.45, 7) is -0.830. The Balaban J connectivity index is 2.59. The van der Waals surface area contributed by atoms with Gasteiger partial charge in [0.25, 0.3) is 5.69 Å². The van der Waals surface area contributed by atoms with Crippen LogP contribution >= 0.6 is 0 Å². The molecule has 1 aromatic carbocycles. The maximum absolute atomic E-state index is 11.1. The molecule has 5 N–H and O–H groups in total. The van der Waals surface area contributed by atoms with Crippen molar-refractivity contribution in [3.05, 3.63) is 39.9 Å². The number of rotatable bonds is 3. The van der Waals surface area contributed by atoms with Crippen molar-refractivity contribution in [1.29, 1.82) is 0 Å². The molecule has 0 amide bonds. The SMILES string of the molecule is O=[N+]([O-])c1ccccc1[C@@]1(O)[C@H](O)[C@@H](O)[C@@H](O)O[C@@H]1CO. The van der Waals surface area contributed by atoms with Crippen molar-refractivity contribution in [3.8, 4) is 0 Å². The predicted octanol–water partition coefficient (Wildman–Crippen LogP) is -1.79. The van der Waals surface area contributed by atoms with Gasteiger partial charge in [-0.2, -0.15) is 0 Å². The van der Waals surface area contributed by atoms with Crippen molar-refractivity contribution in [2.45, 2.75) is 30.2 Å². The van der Waals surface area contributed by atoms with Crippen LogP contribution in [0.4, 0.5) is 5.69 Å². The van der Waals surface area contributed by atoms with Gasteiger partial charge in [0.2, 0.25) is 0 Å². The van der Waals surface area contributed by atoms with Crippen molar-refractivity contribution >= 4 is 5.69 Å². The zero-order valence-corrected chi connectivity index (χ0v) is 10.7. The zero-order valence-electron chi connectivity index (χ0n) is 10.7. The minimum absolute atomic E-state index is 0.326. The van der Waals surface area contributed by atoms with Gasteiger partial charge in [-0.15, -0.1) is 0 Å². The van der Waals surface area contributed by atoms with E-state index in [0.29, 0.717) is 0 Å². The van der Waals surface area contributed by atoms with E-state index in [9.17, 15) is 35.6 Å². The molecule has 0 aromatic heterocycles. The Morgan fingerprint density at radius 3 is 2.48 bits per heavy atom. The maximum atomic E-state index is 11.1.